The Hall–Kier alpha value is -0.850. The van der Waals surface area contributed by atoms with E-state index in [1.54, 1.807) is 0 Å². The van der Waals surface area contributed by atoms with E-state index in [0.717, 1.165) is 0 Å². The van der Waals surface area contributed by atoms with Crippen LogP contribution >= 0.6 is 0 Å². The number of hydrogen-bond donors (Lipinski definition) is 0. The first-order valence-corrected chi connectivity index (χ1v) is 7.79. The molecule has 1 heteroatoms. The molecule has 102 valence electrons. The van der Waals surface area contributed by atoms with E-state index in [9.17, 15) is 0 Å². The Labute approximate surface area is 113 Å². The molecule has 1 heterocycles. The van der Waals surface area contributed by atoms with Crippen LogP contribution in [0.25, 0.3) is 0 Å². The van der Waals surface area contributed by atoms with Gasteiger partial charge < -0.3 is 0 Å². The average Bonchev–Trinajstić information content (AvgIpc) is 2.42. The number of aromatic nitrogens is 1. The molecule has 0 saturated carbocycles. The van der Waals surface area contributed by atoms with Gasteiger partial charge in [-0.3, -0.25) is 4.98 Å². The summed E-state index contributed by atoms with van der Waals surface area (Å²) in [6.07, 6.45) is 14.1. The lowest BCUT2D eigenvalue weighted by Crippen LogP contribution is -2.01. The Morgan fingerprint density at radius 2 is 1.67 bits per heavy atom. The molecule has 0 aliphatic carbocycles. The third-order valence-corrected chi connectivity index (χ3v) is 3.65. The molecule has 0 aromatic carbocycles. The largest absolute Gasteiger partial charge is 0.261 e. The molecule has 1 nitrogen and oxygen atoms in total. The molecule has 0 aliphatic heterocycles. The minimum absolute atomic E-state index is 0.683. The van der Waals surface area contributed by atoms with E-state index in [2.05, 4.69) is 31.0 Å². The predicted octanol–water partition coefficient (Wildman–Crippen LogP) is 5.72. The Bertz CT molecular complexity index is 281. The molecule has 0 bridgehead atoms. The topological polar surface area (TPSA) is 12.9 Å². The van der Waals surface area contributed by atoms with Gasteiger partial charge in [-0.25, -0.2) is 0 Å². The van der Waals surface area contributed by atoms with E-state index in [1.165, 1.54) is 63.5 Å². The average molecular weight is 247 g/mol. The van der Waals surface area contributed by atoms with Crippen LogP contribution in [0, 0.1) is 0 Å². The maximum atomic E-state index is 4.53. The highest BCUT2D eigenvalue weighted by molar-refractivity contribution is 5.09. The maximum Gasteiger partial charge on any atom is 0.0434 e. The van der Waals surface area contributed by atoms with Crippen LogP contribution in [0.3, 0.4) is 0 Å². The van der Waals surface area contributed by atoms with Gasteiger partial charge in [-0.1, -0.05) is 64.9 Å². The molecule has 0 aliphatic rings. The summed E-state index contributed by atoms with van der Waals surface area (Å²) in [6.45, 7) is 4.55. The molecule has 0 radical (unpaired) electrons. The van der Waals surface area contributed by atoms with Crippen molar-refractivity contribution in [3.8, 4) is 0 Å². The van der Waals surface area contributed by atoms with E-state index in [0.29, 0.717) is 5.92 Å². The molecule has 0 amide bonds. The van der Waals surface area contributed by atoms with Crippen molar-refractivity contribution in [2.75, 3.05) is 0 Å². The number of hydrogen-bond acceptors (Lipinski definition) is 1. The molecule has 0 N–H and O–H groups in total. The van der Waals surface area contributed by atoms with Crippen LogP contribution in [0.5, 0.6) is 0 Å². The zero-order chi connectivity index (χ0) is 13.1. The van der Waals surface area contributed by atoms with Crippen molar-refractivity contribution >= 4 is 0 Å². The number of nitrogens with zero attached hydrogens (tertiary/aromatic N) is 1. The first kappa shape index (κ1) is 15.2. The fourth-order valence-corrected chi connectivity index (χ4v) is 2.58. The Morgan fingerprint density at radius 3 is 2.33 bits per heavy atom. The van der Waals surface area contributed by atoms with Crippen molar-refractivity contribution in [1.82, 2.24) is 4.98 Å². The summed E-state index contributed by atoms with van der Waals surface area (Å²) in [6, 6.07) is 6.32. The van der Waals surface area contributed by atoms with Gasteiger partial charge in [0.05, 0.1) is 0 Å². The van der Waals surface area contributed by atoms with Gasteiger partial charge in [0.25, 0.3) is 0 Å². The first-order valence-electron chi connectivity index (χ1n) is 7.79. The molecule has 1 aromatic heterocycles. The lowest BCUT2D eigenvalue weighted by atomic mass is 9.92. The van der Waals surface area contributed by atoms with E-state index in [-0.39, 0.29) is 0 Å². The molecular formula is C17H29N. The quantitative estimate of drug-likeness (QED) is 0.482. The maximum absolute atomic E-state index is 4.53. The number of rotatable bonds is 10. The molecule has 1 unspecified atom stereocenters. The third-order valence-electron chi connectivity index (χ3n) is 3.65. The van der Waals surface area contributed by atoms with Gasteiger partial charge in [-0.2, -0.15) is 0 Å². The summed E-state index contributed by atoms with van der Waals surface area (Å²) in [7, 11) is 0. The van der Waals surface area contributed by atoms with Crippen molar-refractivity contribution in [3.63, 3.8) is 0 Å². The lowest BCUT2D eigenvalue weighted by molar-refractivity contribution is 0.504. The summed E-state index contributed by atoms with van der Waals surface area (Å²) in [5.74, 6) is 0.683. The SMILES string of the molecule is CCCCCCCCC(CCC)c1ccccn1. The van der Waals surface area contributed by atoms with Crippen molar-refractivity contribution in [2.45, 2.75) is 77.6 Å². The smallest absolute Gasteiger partial charge is 0.0434 e. The van der Waals surface area contributed by atoms with Crippen LogP contribution in [-0.2, 0) is 0 Å². The molecule has 0 saturated heterocycles. The van der Waals surface area contributed by atoms with Gasteiger partial charge in [-0.05, 0) is 25.0 Å². The van der Waals surface area contributed by atoms with Gasteiger partial charge in [0.1, 0.15) is 0 Å². The second kappa shape index (κ2) is 10.1. The summed E-state index contributed by atoms with van der Waals surface area (Å²) in [5.41, 5.74) is 1.30. The summed E-state index contributed by atoms with van der Waals surface area (Å²) >= 11 is 0. The summed E-state index contributed by atoms with van der Waals surface area (Å²) in [5, 5.41) is 0. The van der Waals surface area contributed by atoms with Crippen LogP contribution in [0.4, 0.5) is 0 Å². The van der Waals surface area contributed by atoms with Gasteiger partial charge >= 0.3 is 0 Å². The van der Waals surface area contributed by atoms with Gasteiger partial charge in [0, 0.05) is 17.8 Å². The molecule has 1 atom stereocenters. The lowest BCUT2D eigenvalue weighted by Gasteiger charge is -2.15. The second-order valence-electron chi connectivity index (χ2n) is 5.30. The predicted molar refractivity (Wildman–Crippen MR) is 79.9 cm³/mol. The van der Waals surface area contributed by atoms with Crippen LogP contribution < -0.4 is 0 Å². The van der Waals surface area contributed by atoms with E-state index in [1.807, 2.05) is 12.3 Å². The Kier molecular flexibility index (Phi) is 8.54. The van der Waals surface area contributed by atoms with E-state index in [4.69, 9.17) is 0 Å². The van der Waals surface area contributed by atoms with Crippen LogP contribution in [-0.4, -0.2) is 4.98 Å². The zero-order valence-electron chi connectivity index (χ0n) is 12.2. The van der Waals surface area contributed by atoms with Crippen molar-refractivity contribution in [1.29, 1.82) is 0 Å². The number of pyridine rings is 1. The van der Waals surface area contributed by atoms with E-state index >= 15 is 0 Å². The van der Waals surface area contributed by atoms with Crippen molar-refractivity contribution in [3.05, 3.63) is 30.1 Å². The fourth-order valence-electron chi connectivity index (χ4n) is 2.58. The Balaban J connectivity index is 2.26. The normalized spacial score (nSPS) is 12.6. The first-order chi connectivity index (χ1) is 8.88. The Morgan fingerprint density at radius 1 is 0.889 bits per heavy atom. The zero-order valence-corrected chi connectivity index (χ0v) is 12.2. The second-order valence-corrected chi connectivity index (χ2v) is 5.30. The van der Waals surface area contributed by atoms with Crippen LogP contribution in [0.2, 0.25) is 0 Å². The van der Waals surface area contributed by atoms with Crippen molar-refractivity contribution in [2.24, 2.45) is 0 Å². The van der Waals surface area contributed by atoms with Crippen LogP contribution in [0.15, 0.2) is 24.4 Å². The highest BCUT2D eigenvalue weighted by atomic mass is 14.7. The van der Waals surface area contributed by atoms with Gasteiger partial charge in [0.2, 0.25) is 0 Å². The third kappa shape index (κ3) is 6.18. The van der Waals surface area contributed by atoms with Gasteiger partial charge in [-0.15, -0.1) is 0 Å². The van der Waals surface area contributed by atoms with Crippen LogP contribution in [0.1, 0.15) is 83.2 Å². The molecule has 1 rings (SSSR count). The minimum Gasteiger partial charge on any atom is -0.261 e. The van der Waals surface area contributed by atoms with E-state index < -0.39 is 0 Å². The highest BCUT2D eigenvalue weighted by Crippen LogP contribution is 2.25. The standard InChI is InChI=1S/C17H29N/c1-3-5-6-7-8-9-13-16(12-4-2)17-14-10-11-15-18-17/h10-11,14-16H,3-9,12-13H2,1-2H3. The highest BCUT2D eigenvalue weighted by Gasteiger charge is 2.10. The number of unbranched alkanes of at least 4 members (excludes halogenated alkanes) is 5. The summed E-state index contributed by atoms with van der Waals surface area (Å²) < 4.78 is 0. The molecule has 0 fully saturated rings. The summed E-state index contributed by atoms with van der Waals surface area (Å²) in [4.78, 5) is 4.53. The van der Waals surface area contributed by atoms with Gasteiger partial charge in [0.15, 0.2) is 0 Å². The monoisotopic (exact) mass is 247 g/mol. The molecular weight excluding hydrogens is 218 g/mol. The fraction of sp³-hybridized carbons (Fsp3) is 0.706. The molecule has 0 spiro atoms. The molecule has 1 aromatic rings. The minimum atomic E-state index is 0.683. The van der Waals surface area contributed by atoms with Crippen molar-refractivity contribution < 1.29 is 0 Å². The molecule has 18 heavy (non-hydrogen) atoms.